The quantitative estimate of drug-likeness (QED) is 0.562. The number of carbonyl (C=O) groups is 1. The topological polar surface area (TPSA) is 100 Å². The number of rotatable bonds is 9. The summed E-state index contributed by atoms with van der Waals surface area (Å²) in [6, 6.07) is 10.5. The molecule has 0 atom stereocenters. The van der Waals surface area contributed by atoms with Crippen LogP contribution in [0.1, 0.15) is 18.9 Å². The van der Waals surface area contributed by atoms with Gasteiger partial charge in [0.05, 0.1) is 0 Å². The van der Waals surface area contributed by atoms with Crippen LogP contribution in [0.4, 0.5) is 5.69 Å². The van der Waals surface area contributed by atoms with E-state index in [0.717, 1.165) is 17.8 Å². The van der Waals surface area contributed by atoms with E-state index in [4.69, 9.17) is 0 Å². The van der Waals surface area contributed by atoms with Gasteiger partial charge in [0.15, 0.2) is 0 Å². The van der Waals surface area contributed by atoms with Crippen molar-refractivity contribution in [3.63, 3.8) is 0 Å². The lowest BCUT2D eigenvalue weighted by atomic mass is 10.1. The maximum absolute atomic E-state index is 12.1. The fourth-order valence-electron chi connectivity index (χ4n) is 2.16. The molecule has 3 N–H and O–H groups in total. The summed E-state index contributed by atoms with van der Waals surface area (Å²) in [4.78, 5) is 15.9. The minimum absolute atomic E-state index is 0. The molecule has 0 aliphatic carbocycles. The first-order valence-electron chi connectivity index (χ1n) is 8.01. The lowest BCUT2D eigenvalue weighted by molar-refractivity contribution is -0.116. The van der Waals surface area contributed by atoms with Crippen LogP contribution in [-0.4, -0.2) is 32.4 Å². The van der Waals surface area contributed by atoms with Gasteiger partial charge in [0.2, 0.25) is 15.9 Å². The smallest absolute Gasteiger partial charge is 0.242 e. The molecular formula is C17H24Cl2N4O3S. The average molecular weight is 435 g/mol. The van der Waals surface area contributed by atoms with E-state index in [1.165, 1.54) is 18.5 Å². The highest BCUT2D eigenvalue weighted by Gasteiger charge is 2.14. The first kappa shape index (κ1) is 25.3. The van der Waals surface area contributed by atoms with Crippen molar-refractivity contribution in [1.29, 1.82) is 0 Å². The Labute approximate surface area is 172 Å². The van der Waals surface area contributed by atoms with E-state index in [1.54, 1.807) is 6.07 Å². The molecule has 0 radical (unpaired) electrons. The van der Waals surface area contributed by atoms with Gasteiger partial charge in [0.1, 0.15) is 4.90 Å². The van der Waals surface area contributed by atoms with Crippen molar-refractivity contribution < 1.29 is 13.2 Å². The Bertz CT molecular complexity index is 805. The molecule has 0 unspecified atom stereocenters. The summed E-state index contributed by atoms with van der Waals surface area (Å²) in [6.07, 6.45) is 2.80. The molecule has 0 aliphatic heterocycles. The highest BCUT2D eigenvalue weighted by Crippen LogP contribution is 2.15. The molecule has 0 bridgehead atoms. The maximum atomic E-state index is 12.1. The molecule has 27 heavy (non-hydrogen) atoms. The number of anilines is 1. The average Bonchev–Trinajstić information content (AvgIpc) is 2.61. The second kappa shape index (κ2) is 12.6. The first-order chi connectivity index (χ1) is 12.0. The van der Waals surface area contributed by atoms with E-state index in [9.17, 15) is 13.2 Å². The molecule has 1 heterocycles. The number of nitrogens with one attached hydrogen (secondary N) is 3. The van der Waals surface area contributed by atoms with Gasteiger partial charge in [-0.3, -0.25) is 9.78 Å². The molecule has 0 fully saturated rings. The van der Waals surface area contributed by atoms with Gasteiger partial charge in [0, 0.05) is 37.6 Å². The van der Waals surface area contributed by atoms with Crippen molar-refractivity contribution in [2.75, 3.05) is 18.4 Å². The van der Waals surface area contributed by atoms with Crippen LogP contribution in [0.25, 0.3) is 0 Å². The highest BCUT2D eigenvalue weighted by molar-refractivity contribution is 7.89. The van der Waals surface area contributed by atoms with E-state index < -0.39 is 10.0 Å². The summed E-state index contributed by atoms with van der Waals surface area (Å²) < 4.78 is 26.5. The number of nitrogens with zero attached hydrogens (tertiary/aromatic N) is 1. The van der Waals surface area contributed by atoms with E-state index >= 15 is 0 Å². The number of sulfonamides is 1. The number of benzene rings is 1. The second-order valence-corrected chi connectivity index (χ2v) is 7.09. The van der Waals surface area contributed by atoms with Crippen molar-refractivity contribution in [3.8, 4) is 0 Å². The number of para-hydroxylation sites is 1. The van der Waals surface area contributed by atoms with Gasteiger partial charge in [0.25, 0.3) is 0 Å². The third kappa shape index (κ3) is 8.23. The highest BCUT2D eigenvalue weighted by atomic mass is 35.5. The molecule has 2 rings (SSSR count). The molecule has 0 saturated carbocycles. The normalized spacial score (nSPS) is 10.4. The van der Waals surface area contributed by atoms with Crippen molar-refractivity contribution in [3.05, 3.63) is 54.4 Å². The first-order valence-corrected chi connectivity index (χ1v) is 9.49. The fourth-order valence-corrected chi connectivity index (χ4v) is 3.15. The van der Waals surface area contributed by atoms with Gasteiger partial charge < -0.3 is 10.6 Å². The minimum Gasteiger partial charge on any atom is -0.326 e. The predicted octanol–water partition coefficient (Wildman–Crippen LogP) is 2.34. The van der Waals surface area contributed by atoms with Crippen molar-refractivity contribution in [2.24, 2.45) is 0 Å². The molecule has 1 aromatic carbocycles. The summed E-state index contributed by atoms with van der Waals surface area (Å²) in [5.41, 5.74) is 1.71. The van der Waals surface area contributed by atoms with Crippen LogP contribution in [0.2, 0.25) is 0 Å². The van der Waals surface area contributed by atoms with E-state index in [0.29, 0.717) is 6.54 Å². The molecule has 1 aromatic heterocycles. The van der Waals surface area contributed by atoms with E-state index in [-0.39, 0.29) is 48.6 Å². The number of hydrogen-bond donors (Lipinski definition) is 3. The molecule has 7 nitrogen and oxygen atoms in total. The molecular weight excluding hydrogens is 411 g/mol. The lowest BCUT2D eigenvalue weighted by Crippen LogP contribution is -2.28. The Morgan fingerprint density at radius 2 is 1.85 bits per heavy atom. The number of aromatic nitrogens is 1. The summed E-state index contributed by atoms with van der Waals surface area (Å²) in [6.45, 7) is 3.51. The Balaban J connectivity index is 0.00000338. The van der Waals surface area contributed by atoms with Crippen LogP contribution in [0.5, 0.6) is 0 Å². The number of hydrogen-bond acceptors (Lipinski definition) is 5. The van der Waals surface area contributed by atoms with E-state index in [1.807, 2.05) is 31.2 Å². The Hall–Kier alpha value is -1.71. The maximum Gasteiger partial charge on any atom is 0.242 e. The van der Waals surface area contributed by atoms with Crippen LogP contribution >= 0.6 is 24.8 Å². The molecule has 0 saturated heterocycles. The number of carbonyl (C=O) groups excluding carboxylic acids is 1. The van der Waals surface area contributed by atoms with Crippen LogP contribution in [0.15, 0.2) is 53.7 Å². The van der Waals surface area contributed by atoms with Gasteiger partial charge in [-0.1, -0.05) is 25.1 Å². The summed E-state index contributed by atoms with van der Waals surface area (Å²) in [5, 5.41) is 6.03. The Kier molecular flexibility index (Phi) is 11.8. The van der Waals surface area contributed by atoms with Crippen molar-refractivity contribution in [1.82, 2.24) is 15.0 Å². The van der Waals surface area contributed by atoms with Gasteiger partial charge in [-0.05, 0) is 30.3 Å². The van der Waals surface area contributed by atoms with Crippen LogP contribution in [0, 0.1) is 0 Å². The SMILES string of the molecule is CCNCc1ccccc1NC(=O)CCNS(=O)(=O)c1cccnc1.Cl.Cl. The second-order valence-electron chi connectivity index (χ2n) is 5.32. The van der Waals surface area contributed by atoms with Gasteiger partial charge in [-0.2, -0.15) is 0 Å². The third-order valence-corrected chi connectivity index (χ3v) is 4.89. The van der Waals surface area contributed by atoms with Crippen molar-refractivity contribution >= 4 is 46.4 Å². The molecule has 1 amide bonds. The van der Waals surface area contributed by atoms with Crippen LogP contribution in [-0.2, 0) is 21.4 Å². The summed E-state index contributed by atoms with van der Waals surface area (Å²) in [7, 11) is -3.65. The van der Waals surface area contributed by atoms with Crippen LogP contribution < -0.4 is 15.4 Å². The predicted molar refractivity (Wildman–Crippen MR) is 111 cm³/mol. The molecule has 10 heteroatoms. The summed E-state index contributed by atoms with van der Waals surface area (Å²) >= 11 is 0. The Morgan fingerprint density at radius 3 is 2.52 bits per heavy atom. The zero-order chi connectivity index (χ0) is 18.1. The van der Waals surface area contributed by atoms with Gasteiger partial charge in [-0.25, -0.2) is 13.1 Å². The zero-order valence-corrected chi connectivity index (χ0v) is 17.3. The number of halogens is 2. The minimum atomic E-state index is -3.65. The standard InChI is InChI=1S/C17H22N4O3S.2ClH/c1-2-18-12-14-6-3-4-8-16(14)21-17(22)9-11-20-25(23,24)15-7-5-10-19-13-15;;/h3-8,10,13,18,20H,2,9,11-12H2,1H3,(H,21,22);2*1H. The summed E-state index contributed by atoms with van der Waals surface area (Å²) in [5.74, 6) is -0.252. The van der Waals surface area contributed by atoms with Crippen molar-refractivity contribution in [2.45, 2.75) is 24.8 Å². The van der Waals surface area contributed by atoms with Crippen LogP contribution in [0.3, 0.4) is 0 Å². The van der Waals surface area contributed by atoms with Gasteiger partial charge in [-0.15, -0.1) is 24.8 Å². The molecule has 0 spiro atoms. The monoisotopic (exact) mass is 434 g/mol. The molecule has 0 aliphatic rings. The lowest BCUT2D eigenvalue weighted by Gasteiger charge is -2.11. The number of amides is 1. The molecule has 150 valence electrons. The fraction of sp³-hybridized carbons (Fsp3) is 0.294. The zero-order valence-electron chi connectivity index (χ0n) is 14.8. The van der Waals surface area contributed by atoms with Gasteiger partial charge >= 0.3 is 0 Å². The van der Waals surface area contributed by atoms with E-state index in [2.05, 4.69) is 20.3 Å². The number of pyridine rings is 1. The largest absolute Gasteiger partial charge is 0.326 e. The third-order valence-electron chi connectivity index (χ3n) is 3.45. The Morgan fingerprint density at radius 1 is 1.11 bits per heavy atom. The molecule has 2 aromatic rings.